The highest BCUT2D eigenvalue weighted by Crippen LogP contribution is 2.28. The lowest BCUT2D eigenvalue weighted by Gasteiger charge is -2.29. The molecule has 2 heterocycles. The highest BCUT2D eigenvalue weighted by molar-refractivity contribution is 7.80. The van der Waals surface area contributed by atoms with Crippen LogP contribution in [0.2, 0.25) is 0 Å². The zero-order chi connectivity index (χ0) is 14.3. The fourth-order valence-electron chi connectivity index (χ4n) is 2.96. The Bertz CT molecular complexity index is 694. The average molecular weight is 285 g/mol. The number of likely N-dealkylation sites (N-methyl/N-ethyl adjacent to an activating group) is 1. The third-order valence-corrected chi connectivity index (χ3v) is 4.27. The molecule has 1 aliphatic heterocycles. The van der Waals surface area contributed by atoms with E-state index in [-0.39, 0.29) is 0 Å². The quantitative estimate of drug-likeness (QED) is 0.861. The summed E-state index contributed by atoms with van der Waals surface area (Å²) in [6, 6.07) is 6.30. The number of rotatable bonds is 2. The van der Waals surface area contributed by atoms with Crippen LogP contribution in [0.5, 0.6) is 0 Å². The van der Waals surface area contributed by atoms with E-state index in [1.807, 2.05) is 0 Å². The van der Waals surface area contributed by atoms with Gasteiger partial charge in [-0.25, -0.2) is 0 Å². The molecule has 2 aromatic rings. The van der Waals surface area contributed by atoms with Gasteiger partial charge < -0.3 is 5.73 Å². The minimum atomic E-state index is 0.484. The second-order valence-electron chi connectivity index (χ2n) is 5.42. The second-order valence-corrected chi connectivity index (χ2v) is 5.86. The van der Waals surface area contributed by atoms with Crippen LogP contribution in [0.3, 0.4) is 0 Å². The third-order valence-electron chi connectivity index (χ3n) is 4.07. The maximum atomic E-state index is 6.03. The molecule has 0 atom stereocenters. The number of nitrogens with two attached hydrogens (primary N) is 1. The van der Waals surface area contributed by atoms with Crippen molar-refractivity contribution in [3.63, 3.8) is 0 Å². The largest absolute Gasteiger partial charge is 0.389 e. The van der Waals surface area contributed by atoms with Crippen molar-refractivity contribution in [1.29, 1.82) is 0 Å². The SMILES string of the molecule is CCN1CCc2nc3ccc(C)cc3c(C(N)=S)c2C1. The predicted molar refractivity (Wildman–Crippen MR) is 87.0 cm³/mol. The van der Waals surface area contributed by atoms with Gasteiger partial charge in [-0.3, -0.25) is 9.88 Å². The number of thiocarbonyl (C=S) groups is 1. The summed E-state index contributed by atoms with van der Waals surface area (Å²) in [6.45, 7) is 7.27. The number of benzene rings is 1. The van der Waals surface area contributed by atoms with Crippen LogP contribution < -0.4 is 5.73 Å². The monoisotopic (exact) mass is 285 g/mol. The van der Waals surface area contributed by atoms with Crippen molar-refractivity contribution < 1.29 is 0 Å². The Hall–Kier alpha value is -1.52. The second kappa shape index (κ2) is 5.11. The smallest absolute Gasteiger partial charge is 0.105 e. The topological polar surface area (TPSA) is 42.2 Å². The fraction of sp³-hybridized carbons (Fsp3) is 0.375. The van der Waals surface area contributed by atoms with Crippen molar-refractivity contribution in [2.75, 3.05) is 13.1 Å². The first-order valence-corrected chi connectivity index (χ1v) is 7.45. The Morgan fingerprint density at radius 1 is 1.45 bits per heavy atom. The number of aryl methyl sites for hydroxylation is 1. The number of nitrogens with zero attached hydrogens (tertiary/aromatic N) is 2. The van der Waals surface area contributed by atoms with Gasteiger partial charge in [0.2, 0.25) is 0 Å². The maximum Gasteiger partial charge on any atom is 0.105 e. The predicted octanol–water partition coefficient (Wildman–Crippen LogP) is 2.56. The van der Waals surface area contributed by atoms with E-state index >= 15 is 0 Å². The van der Waals surface area contributed by atoms with Gasteiger partial charge in [0.15, 0.2) is 0 Å². The lowest BCUT2D eigenvalue weighted by molar-refractivity contribution is 0.266. The van der Waals surface area contributed by atoms with E-state index in [4.69, 9.17) is 22.9 Å². The summed E-state index contributed by atoms with van der Waals surface area (Å²) in [5.41, 5.74) is 11.7. The molecule has 1 aromatic heterocycles. The van der Waals surface area contributed by atoms with Crippen molar-refractivity contribution >= 4 is 28.1 Å². The maximum absolute atomic E-state index is 6.03. The first kappa shape index (κ1) is 13.5. The van der Waals surface area contributed by atoms with E-state index < -0.39 is 0 Å². The molecule has 1 aliphatic rings. The van der Waals surface area contributed by atoms with Crippen molar-refractivity contribution in [2.45, 2.75) is 26.8 Å². The molecule has 20 heavy (non-hydrogen) atoms. The van der Waals surface area contributed by atoms with Crippen LogP contribution in [-0.4, -0.2) is 28.0 Å². The molecular weight excluding hydrogens is 266 g/mol. The van der Waals surface area contributed by atoms with E-state index in [1.165, 1.54) is 11.1 Å². The molecule has 0 amide bonds. The van der Waals surface area contributed by atoms with Gasteiger partial charge in [-0.1, -0.05) is 30.8 Å². The van der Waals surface area contributed by atoms with Crippen LogP contribution in [0.15, 0.2) is 18.2 Å². The molecule has 0 aliphatic carbocycles. The molecule has 4 heteroatoms. The molecule has 2 N–H and O–H groups in total. The summed E-state index contributed by atoms with van der Waals surface area (Å²) in [7, 11) is 0. The standard InChI is InChI=1S/C16H19N3S/c1-3-19-7-6-14-12(9-19)15(16(17)20)11-8-10(2)4-5-13(11)18-14/h4-5,8H,3,6-7,9H2,1-2H3,(H2,17,20). The van der Waals surface area contributed by atoms with E-state index in [1.54, 1.807) is 0 Å². The minimum Gasteiger partial charge on any atom is -0.389 e. The van der Waals surface area contributed by atoms with Crippen molar-refractivity contribution in [1.82, 2.24) is 9.88 Å². The molecule has 0 saturated carbocycles. The first-order valence-electron chi connectivity index (χ1n) is 7.04. The summed E-state index contributed by atoms with van der Waals surface area (Å²) < 4.78 is 0. The van der Waals surface area contributed by atoms with Crippen LogP contribution in [0.25, 0.3) is 10.9 Å². The Balaban J connectivity index is 2.30. The molecule has 1 aromatic carbocycles. The van der Waals surface area contributed by atoms with Crippen LogP contribution in [0.1, 0.15) is 29.3 Å². The highest BCUT2D eigenvalue weighted by atomic mass is 32.1. The van der Waals surface area contributed by atoms with Crippen molar-refractivity contribution in [2.24, 2.45) is 5.73 Å². The minimum absolute atomic E-state index is 0.484. The molecule has 0 radical (unpaired) electrons. The zero-order valence-electron chi connectivity index (χ0n) is 11.9. The summed E-state index contributed by atoms with van der Waals surface area (Å²) in [4.78, 5) is 7.72. The Morgan fingerprint density at radius 3 is 2.95 bits per heavy atom. The molecule has 0 fully saturated rings. The van der Waals surface area contributed by atoms with Gasteiger partial charge in [0.1, 0.15) is 4.99 Å². The molecule has 3 rings (SSSR count). The summed E-state index contributed by atoms with van der Waals surface area (Å²) >= 11 is 5.32. The van der Waals surface area contributed by atoms with Gasteiger partial charge in [-0.2, -0.15) is 0 Å². The Morgan fingerprint density at radius 2 is 2.25 bits per heavy atom. The van der Waals surface area contributed by atoms with Gasteiger partial charge >= 0.3 is 0 Å². The van der Waals surface area contributed by atoms with Crippen LogP contribution in [0, 0.1) is 6.92 Å². The number of hydrogen-bond donors (Lipinski definition) is 1. The van der Waals surface area contributed by atoms with Crippen molar-refractivity contribution in [3.05, 3.63) is 40.6 Å². The molecule has 0 bridgehead atoms. The van der Waals surface area contributed by atoms with E-state index in [9.17, 15) is 0 Å². The number of pyridine rings is 1. The molecular formula is C16H19N3S. The Labute approximate surface area is 124 Å². The first-order chi connectivity index (χ1) is 9.60. The van der Waals surface area contributed by atoms with E-state index in [0.29, 0.717) is 4.99 Å². The van der Waals surface area contributed by atoms with Gasteiger partial charge in [0.25, 0.3) is 0 Å². The lowest BCUT2D eigenvalue weighted by atomic mass is 9.95. The summed E-state index contributed by atoms with van der Waals surface area (Å²) in [5, 5.41) is 1.09. The summed E-state index contributed by atoms with van der Waals surface area (Å²) in [5.74, 6) is 0. The summed E-state index contributed by atoms with van der Waals surface area (Å²) in [6.07, 6.45) is 0.975. The van der Waals surface area contributed by atoms with E-state index in [0.717, 1.165) is 48.2 Å². The van der Waals surface area contributed by atoms with Crippen molar-refractivity contribution in [3.8, 4) is 0 Å². The normalized spacial score (nSPS) is 15.3. The Kier molecular flexibility index (Phi) is 3.44. The number of aromatic nitrogens is 1. The molecule has 0 spiro atoms. The fourth-order valence-corrected chi connectivity index (χ4v) is 3.20. The van der Waals surface area contributed by atoms with E-state index in [2.05, 4.69) is 36.9 Å². The number of hydrogen-bond acceptors (Lipinski definition) is 3. The van der Waals surface area contributed by atoms with Gasteiger partial charge in [-0.15, -0.1) is 0 Å². The average Bonchev–Trinajstić information content (AvgIpc) is 2.43. The molecule has 3 nitrogen and oxygen atoms in total. The molecule has 104 valence electrons. The van der Waals surface area contributed by atoms with Gasteiger partial charge in [-0.05, 0) is 31.2 Å². The third kappa shape index (κ3) is 2.19. The highest BCUT2D eigenvalue weighted by Gasteiger charge is 2.22. The molecule has 0 unspecified atom stereocenters. The lowest BCUT2D eigenvalue weighted by Crippen LogP contribution is -2.33. The zero-order valence-corrected chi connectivity index (χ0v) is 12.8. The van der Waals surface area contributed by atoms with Gasteiger partial charge in [0, 0.05) is 36.2 Å². The van der Waals surface area contributed by atoms with Crippen LogP contribution in [0.4, 0.5) is 0 Å². The van der Waals surface area contributed by atoms with Crippen LogP contribution in [-0.2, 0) is 13.0 Å². The van der Waals surface area contributed by atoms with Crippen LogP contribution >= 0.6 is 12.2 Å². The van der Waals surface area contributed by atoms with Gasteiger partial charge in [0.05, 0.1) is 5.52 Å². The number of fused-ring (bicyclic) bond motifs is 2. The molecule has 0 saturated heterocycles.